The summed E-state index contributed by atoms with van der Waals surface area (Å²) in [4.78, 5) is 27.7. The number of amides is 2. The van der Waals surface area contributed by atoms with Gasteiger partial charge in [0.2, 0.25) is 5.91 Å². The number of carbonyl (C=O) groups is 2. The van der Waals surface area contributed by atoms with Crippen molar-refractivity contribution >= 4 is 12.0 Å². The molecule has 2 atom stereocenters. The molecular weight excluding hydrogens is 268 g/mol. The molecule has 0 aromatic rings. The van der Waals surface area contributed by atoms with Crippen molar-refractivity contribution in [2.75, 3.05) is 19.6 Å². The van der Waals surface area contributed by atoms with Crippen LogP contribution >= 0.6 is 0 Å². The molecule has 5 nitrogen and oxygen atoms in total. The average Bonchev–Trinajstić information content (AvgIpc) is 2.95. The lowest BCUT2D eigenvalue weighted by atomic mass is 10.1. The maximum Gasteiger partial charge on any atom is 0.410 e. The Morgan fingerprint density at radius 2 is 2.19 bits per heavy atom. The molecule has 0 spiro atoms. The van der Waals surface area contributed by atoms with Crippen molar-refractivity contribution in [3.8, 4) is 12.3 Å². The number of carbonyl (C=O) groups excluding carboxylic acids is 2. The van der Waals surface area contributed by atoms with Gasteiger partial charge in [0.15, 0.2) is 0 Å². The van der Waals surface area contributed by atoms with E-state index in [0.29, 0.717) is 26.1 Å². The molecule has 0 aromatic carbocycles. The van der Waals surface area contributed by atoms with Gasteiger partial charge >= 0.3 is 6.09 Å². The van der Waals surface area contributed by atoms with E-state index in [2.05, 4.69) is 5.92 Å². The number of rotatable bonds is 2. The Morgan fingerprint density at radius 1 is 1.48 bits per heavy atom. The summed E-state index contributed by atoms with van der Waals surface area (Å²) in [5.41, 5.74) is -0.498. The molecule has 0 aromatic heterocycles. The van der Waals surface area contributed by atoms with Crippen molar-refractivity contribution in [2.45, 2.75) is 51.7 Å². The predicted octanol–water partition coefficient (Wildman–Crippen LogP) is 1.87. The summed E-state index contributed by atoms with van der Waals surface area (Å²) in [6, 6.07) is 0.0420. The fourth-order valence-electron chi connectivity index (χ4n) is 2.90. The maximum absolute atomic E-state index is 12.2. The summed E-state index contributed by atoms with van der Waals surface area (Å²) in [7, 11) is 0. The van der Waals surface area contributed by atoms with Gasteiger partial charge < -0.3 is 14.5 Å². The third-order valence-corrected chi connectivity index (χ3v) is 3.89. The molecule has 5 heteroatoms. The van der Waals surface area contributed by atoms with Gasteiger partial charge in [-0.25, -0.2) is 4.79 Å². The third-order valence-electron chi connectivity index (χ3n) is 3.89. The minimum Gasteiger partial charge on any atom is -0.444 e. The Kier molecular flexibility index (Phi) is 4.46. The van der Waals surface area contributed by atoms with E-state index < -0.39 is 5.60 Å². The molecule has 2 saturated heterocycles. The molecule has 0 saturated carbocycles. The Balaban J connectivity index is 1.95. The van der Waals surface area contributed by atoms with E-state index >= 15 is 0 Å². The van der Waals surface area contributed by atoms with Crippen LogP contribution in [0.3, 0.4) is 0 Å². The lowest BCUT2D eigenvalue weighted by Gasteiger charge is -2.30. The molecule has 0 radical (unpaired) electrons. The van der Waals surface area contributed by atoms with Crippen molar-refractivity contribution in [3.05, 3.63) is 0 Å². The Labute approximate surface area is 126 Å². The summed E-state index contributed by atoms with van der Waals surface area (Å²) in [5, 5.41) is 0. The highest BCUT2D eigenvalue weighted by atomic mass is 16.6. The lowest BCUT2D eigenvalue weighted by Crippen LogP contribution is -2.45. The highest BCUT2D eigenvalue weighted by Crippen LogP contribution is 2.24. The lowest BCUT2D eigenvalue weighted by molar-refractivity contribution is -0.128. The molecule has 2 aliphatic heterocycles. The maximum atomic E-state index is 12.2. The number of ether oxygens (including phenoxy) is 1. The van der Waals surface area contributed by atoms with Crippen LogP contribution in [0.1, 0.15) is 40.0 Å². The minimum absolute atomic E-state index is 0.00822. The van der Waals surface area contributed by atoms with Crippen LogP contribution in [0.25, 0.3) is 0 Å². The standard InChI is InChI=1S/C16H24N2O3/c1-5-12-9-14(19)17(10-12)11-13-7-6-8-18(13)15(20)21-16(2,3)4/h1,12-13H,6-11H2,2-4H3/t12?,13-/m1/s1. The van der Waals surface area contributed by atoms with Gasteiger partial charge in [0.05, 0.1) is 6.04 Å². The van der Waals surface area contributed by atoms with E-state index in [4.69, 9.17) is 11.2 Å². The molecule has 21 heavy (non-hydrogen) atoms. The molecule has 2 aliphatic rings. The summed E-state index contributed by atoms with van der Waals surface area (Å²) >= 11 is 0. The largest absolute Gasteiger partial charge is 0.444 e. The van der Waals surface area contributed by atoms with Crippen LogP contribution in [0.15, 0.2) is 0 Å². The van der Waals surface area contributed by atoms with Gasteiger partial charge in [0.25, 0.3) is 0 Å². The number of nitrogens with zero attached hydrogens (tertiary/aromatic N) is 2. The molecule has 116 valence electrons. The first-order chi connectivity index (χ1) is 9.80. The third kappa shape index (κ3) is 3.90. The second kappa shape index (κ2) is 5.97. The quantitative estimate of drug-likeness (QED) is 0.730. The van der Waals surface area contributed by atoms with Crippen molar-refractivity contribution in [1.29, 1.82) is 0 Å². The number of likely N-dealkylation sites (tertiary alicyclic amines) is 2. The molecular formula is C16H24N2O3. The van der Waals surface area contributed by atoms with Crippen LogP contribution < -0.4 is 0 Å². The Bertz CT molecular complexity index is 461. The summed E-state index contributed by atoms with van der Waals surface area (Å²) < 4.78 is 5.44. The Morgan fingerprint density at radius 3 is 2.76 bits per heavy atom. The first-order valence-corrected chi connectivity index (χ1v) is 7.53. The zero-order chi connectivity index (χ0) is 15.6. The molecule has 0 N–H and O–H groups in total. The van der Waals surface area contributed by atoms with Gasteiger partial charge in [-0.2, -0.15) is 0 Å². The molecule has 2 fully saturated rings. The van der Waals surface area contributed by atoms with E-state index in [-0.39, 0.29) is 24.0 Å². The smallest absolute Gasteiger partial charge is 0.410 e. The van der Waals surface area contributed by atoms with Crippen molar-refractivity contribution in [1.82, 2.24) is 9.80 Å². The normalized spacial score (nSPS) is 26.1. The molecule has 2 amide bonds. The predicted molar refractivity (Wildman–Crippen MR) is 79.5 cm³/mol. The van der Waals surface area contributed by atoms with Gasteiger partial charge in [-0.15, -0.1) is 12.3 Å². The molecule has 0 bridgehead atoms. The minimum atomic E-state index is -0.498. The van der Waals surface area contributed by atoms with Crippen LogP contribution in [0.5, 0.6) is 0 Å². The van der Waals surface area contributed by atoms with Gasteiger partial charge in [0, 0.05) is 32.0 Å². The number of hydrogen-bond donors (Lipinski definition) is 0. The van der Waals surface area contributed by atoms with Crippen LogP contribution in [-0.4, -0.2) is 53.1 Å². The SMILES string of the molecule is C#CC1CC(=O)N(C[C@H]2CCCN2C(=O)OC(C)(C)C)C1. The summed E-state index contributed by atoms with van der Waals surface area (Å²) in [5.74, 6) is 2.75. The highest BCUT2D eigenvalue weighted by Gasteiger charge is 2.36. The first-order valence-electron chi connectivity index (χ1n) is 7.53. The van der Waals surface area contributed by atoms with E-state index in [1.165, 1.54) is 0 Å². The van der Waals surface area contributed by atoms with E-state index in [1.807, 2.05) is 20.8 Å². The number of hydrogen-bond acceptors (Lipinski definition) is 3. The highest BCUT2D eigenvalue weighted by molar-refractivity contribution is 5.79. The van der Waals surface area contributed by atoms with E-state index in [0.717, 1.165) is 12.8 Å². The summed E-state index contributed by atoms with van der Waals surface area (Å²) in [6.45, 7) is 7.44. The fourth-order valence-corrected chi connectivity index (χ4v) is 2.90. The first kappa shape index (κ1) is 15.7. The zero-order valence-electron chi connectivity index (χ0n) is 13.1. The summed E-state index contributed by atoms with van der Waals surface area (Å²) in [6.07, 6.45) is 7.39. The Hall–Kier alpha value is -1.70. The van der Waals surface area contributed by atoms with Crippen LogP contribution in [-0.2, 0) is 9.53 Å². The molecule has 0 aliphatic carbocycles. The molecule has 2 rings (SSSR count). The van der Waals surface area contributed by atoms with E-state index in [1.54, 1.807) is 9.80 Å². The average molecular weight is 292 g/mol. The molecule has 1 unspecified atom stereocenters. The van der Waals surface area contributed by atoms with Gasteiger partial charge in [0.1, 0.15) is 5.60 Å². The number of terminal acetylenes is 1. The van der Waals surface area contributed by atoms with Crippen molar-refractivity contribution in [2.24, 2.45) is 5.92 Å². The van der Waals surface area contributed by atoms with Crippen LogP contribution in [0.2, 0.25) is 0 Å². The van der Waals surface area contributed by atoms with Crippen LogP contribution in [0.4, 0.5) is 4.79 Å². The van der Waals surface area contributed by atoms with Gasteiger partial charge in [-0.3, -0.25) is 4.79 Å². The second-order valence-corrected chi connectivity index (χ2v) is 6.84. The van der Waals surface area contributed by atoms with Crippen molar-refractivity contribution < 1.29 is 14.3 Å². The molecule has 2 heterocycles. The zero-order valence-corrected chi connectivity index (χ0v) is 13.1. The fraction of sp³-hybridized carbons (Fsp3) is 0.750. The van der Waals surface area contributed by atoms with E-state index in [9.17, 15) is 9.59 Å². The van der Waals surface area contributed by atoms with Gasteiger partial charge in [-0.1, -0.05) is 0 Å². The van der Waals surface area contributed by atoms with Gasteiger partial charge in [-0.05, 0) is 33.6 Å². The second-order valence-electron chi connectivity index (χ2n) is 6.84. The van der Waals surface area contributed by atoms with Crippen LogP contribution in [0, 0.1) is 18.3 Å². The monoisotopic (exact) mass is 292 g/mol. The topological polar surface area (TPSA) is 49.9 Å². The van der Waals surface area contributed by atoms with Crippen molar-refractivity contribution in [3.63, 3.8) is 0 Å².